The van der Waals surface area contributed by atoms with E-state index in [2.05, 4.69) is 6.58 Å². The summed E-state index contributed by atoms with van der Waals surface area (Å²) in [6.45, 7) is 6.73. The smallest absolute Gasteiger partial charge is 0.270 e. The van der Waals surface area contributed by atoms with Crippen LogP contribution in [0.3, 0.4) is 0 Å². The summed E-state index contributed by atoms with van der Waals surface area (Å²) in [6, 6.07) is 6.09. The maximum Gasteiger partial charge on any atom is 0.270 e. The molecule has 1 aromatic carbocycles. The SMILES string of the molecule is C=CC(=O)N(Cc1ccccc1C(C)(F)F)[C@@H](CC)COC. The molecular formula is C17H23F2NO2. The second-order valence-electron chi connectivity index (χ2n) is 5.23. The fourth-order valence-electron chi connectivity index (χ4n) is 2.39. The van der Waals surface area contributed by atoms with E-state index in [0.717, 1.165) is 6.92 Å². The summed E-state index contributed by atoms with van der Waals surface area (Å²) >= 11 is 0. The highest BCUT2D eigenvalue weighted by molar-refractivity contribution is 5.87. The molecule has 0 spiro atoms. The molecule has 3 nitrogen and oxygen atoms in total. The zero-order valence-corrected chi connectivity index (χ0v) is 13.3. The summed E-state index contributed by atoms with van der Waals surface area (Å²) in [5, 5.41) is 0. The largest absolute Gasteiger partial charge is 0.383 e. The molecule has 0 aliphatic heterocycles. The lowest BCUT2D eigenvalue weighted by Gasteiger charge is -2.31. The van der Waals surface area contributed by atoms with Crippen LogP contribution in [0, 0.1) is 0 Å². The molecule has 0 fully saturated rings. The van der Waals surface area contributed by atoms with Gasteiger partial charge in [-0.25, -0.2) is 8.78 Å². The Hall–Kier alpha value is -1.75. The molecule has 0 N–H and O–H groups in total. The van der Waals surface area contributed by atoms with Gasteiger partial charge in [0, 0.05) is 26.1 Å². The standard InChI is InChI=1S/C17H23F2NO2/c1-5-14(12-22-4)20(16(21)6-2)11-13-9-7-8-10-15(13)17(3,18)19/h6-10,14H,2,5,11-12H2,1,3-4H3/t14-/m0/s1. The summed E-state index contributed by atoms with van der Waals surface area (Å²) in [4.78, 5) is 13.6. The van der Waals surface area contributed by atoms with Crippen molar-refractivity contribution >= 4 is 5.91 Å². The predicted octanol–water partition coefficient (Wildman–Crippen LogP) is 3.74. The molecule has 1 amide bonds. The fraction of sp³-hybridized carbons (Fsp3) is 0.471. The molecule has 1 rings (SSSR count). The molecule has 0 bridgehead atoms. The molecule has 1 aromatic rings. The Balaban J connectivity index is 3.15. The van der Waals surface area contributed by atoms with Crippen molar-refractivity contribution in [2.75, 3.05) is 13.7 Å². The highest BCUT2D eigenvalue weighted by atomic mass is 19.3. The van der Waals surface area contributed by atoms with E-state index in [0.29, 0.717) is 18.6 Å². The van der Waals surface area contributed by atoms with Crippen LogP contribution in [-0.4, -0.2) is 30.6 Å². The van der Waals surface area contributed by atoms with E-state index in [-0.39, 0.29) is 24.1 Å². The molecule has 122 valence electrons. The summed E-state index contributed by atoms with van der Waals surface area (Å²) in [5.41, 5.74) is 0.365. The van der Waals surface area contributed by atoms with Crippen LogP contribution >= 0.6 is 0 Å². The number of carbonyl (C=O) groups excluding carboxylic acids is 1. The van der Waals surface area contributed by atoms with E-state index in [1.165, 1.54) is 17.0 Å². The van der Waals surface area contributed by atoms with Crippen LogP contribution in [0.15, 0.2) is 36.9 Å². The zero-order chi connectivity index (χ0) is 16.8. The van der Waals surface area contributed by atoms with Crippen LogP contribution in [0.1, 0.15) is 31.4 Å². The molecule has 1 atom stereocenters. The third-order valence-corrected chi connectivity index (χ3v) is 3.56. The van der Waals surface area contributed by atoms with Crippen LogP contribution in [0.5, 0.6) is 0 Å². The summed E-state index contributed by atoms with van der Waals surface area (Å²) < 4.78 is 32.6. The minimum Gasteiger partial charge on any atom is -0.383 e. The number of alkyl halides is 2. The van der Waals surface area contributed by atoms with Crippen molar-refractivity contribution in [1.29, 1.82) is 0 Å². The molecule has 0 radical (unpaired) electrons. The molecule has 0 aromatic heterocycles. The Morgan fingerprint density at radius 1 is 1.45 bits per heavy atom. The number of amides is 1. The Morgan fingerprint density at radius 3 is 2.59 bits per heavy atom. The number of hydrogen-bond donors (Lipinski definition) is 0. The number of nitrogens with zero attached hydrogens (tertiary/aromatic N) is 1. The number of benzene rings is 1. The van der Waals surface area contributed by atoms with Gasteiger partial charge < -0.3 is 9.64 Å². The van der Waals surface area contributed by atoms with Gasteiger partial charge in [-0.2, -0.15) is 0 Å². The maximum atomic E-state index is 13.7. The van der Waals surface area contributed by atoms with Crippen LogP contribution < -0.4 is 0 Å². The minimum atomic E-state index is -2.96. The van der Waals surface area contributed by atoms with E-state index in [1.807, 2.05) is 6.92 Å². The number of carbonyl (C=O) groups is 1. The quantitative estimate of drug-likeness (QED) is 0.685. The lowest BCUT2D eigenvalue weighted by Crippen LogP contribution is -2.41. The average molecular weight is 311 g/mol. The molecule has 0 heterocycles. The third kappa shape index (κ3) is 4.63. The normalized spacial score (nSPS) is 12.8. The number of ether oxygens (including phenoxy) is 1. The first-order valence-corrected chi connectivity index (χ1v) is 7.23. The van der Waals surface area contributed by atoms with Gasteiger partial charge in [0.25, 0.3) is 5.92 Å². The van der Waals surface area contributed by atoms with Crippen LogP contribution in [-0.2, 0) is 22.0 Å². The third-order valence-electron chi connectivity index (χ3n) is 3.56. The maximum absolute atomic E-state index is 13.7. The van der Waals surface area contributed by atoms with Crippen LogP contribution in [0.25, 0.3) is 0 Å². The van der Waals surface area contributed by atoms with Gasteiger partial charge in [-0.15, -0.1) is 0 Å². The highest BCUT2D eigenvalue weighted by Gasteiger charge is 2.29. The van der Waals surface area contributed by atoms with Crippen molar-refractivity contribution in [3.63, 3.8) is 0 Å². The Kier molecular flexibility index (Phi) is 6.68. The molecule has 0 saturated carbocycles. The van der Waals surface area contributed by atoms with Crippen LogP contribution in [0.2, 0.25) is 0 Å². The summed E-state index contributed by atoms with van der Waals surface area (Å²) in [6.07, 6.45) is 1.86. The van der Waals surface area contributed by atoms with Gasteiger partial charge in [0.1, 0.15) is 0 Å². The van der Waals surface area contributed by atoms with Crippen LogP contribution in [0.4, 0.5) is 8.78 Å². The number of rotatable bonds is 8. The summed E-state index contributed by atoms with van der Waals surface area (Å²) in [7, 11) is 1.55. The van der Waals surface area contributed by atoms with E-state index in [4.69, 9.17) is 4.74 Å². The van der Waals surface area contributed by atoms with E-state index < -0.39 is 5.92 Å². The molecule has 0 unspecified atom stereocenters. The van der Waals surface area contributed by atoms with Crippen molar-refractivity contribution in [3.8, 4) is 0 Å². The van der Waals surface area contributed by atoms with Gasteiger partial charge in [0.15, 0.2) is 0 Å². The Morgan fingerprint density at radius 2 is 2.09 bits per heavy atom. The van der Waals surface area contributed by atoms with Crippen molar-refractivity contribution in [1.82, 2.24) is 4.90 Å². The van der Waals surface area contributed by atoms with Gasteiger partial charge in [0.2, 0.25) is 5.91 Å². The Labute approximate surface area is 130 Å². The van der Waals surface area contributed by atoms with Gasteiger partial charge in [0.05, 0.1) is 12.6 Å². The van der Waals surface area contributed by atoms with E-state index in [1.54, 1.807) is 25.3 Å². The first-order valence-electron chi connectivity index (χ1n) is 7.23. The van der Waals surface area contributed by atoms with Gasteiger partial charge in [-0.05, 0) is 18.1 Å². The molecule has 0 saturated heterocycles. The van der Waals surface area contributed by atoms with Crippen molar-refractivity contribution in [2.45, 2.75) is 38.8 Å². The molecule has 5 heteroatoms. The summed E-state index contributed by atoms with van der Waals surface area (Å²) in [5.74, 6) is -3.25. The molecule has 0 aliphatic rings. The van der Waals surface area contributed by atoms with E-state index in [9.17, 15) is 13.6 Å². The van der Waals surface area contributed by atoms with E-state index >= 15 is 0 Å². The minimum absolute atomic E-state index is 0.0656. The lowest BCUT2D eigenvalue weighted by molar-refractivity contribution is -0.130. The molecule has 0 aliphatic carbocycles. The van der Waals surface area contributed by atoms with Gasteiger partial charge in [-0.3, -0.25) is 4.79 Å². The lowest BCUT2D eigenvalue weighted by atomic mass is 10.0. The van der Waals surface area contributed by atoms with Crippen molar-refractivity contribution < 1.29 is 18.3 Å². The first kappa shape index (κ1) is 18.3. The molecule has 22 heavy (non-hydrogen) atoms. The van der Waals surface area contributed by atoms with Crippen molar-refractivity contribution in [3.05, 3.63) is 48.0 Å². The second kappa shape index (κ2) is 8.03. The zero-order valence-electron chi connectivity index (χ0n) is 13.3. The Bertz CT molecular complexity index is 512. The second-order valence-corrected chi connectivity index (χ2v) is 5.23. The molecular weight excluding hydrogens is 288 g/mol. The van der Waals surface area contributed by atoms with Gasteiger partial charge >= 0.3 is 0 Å². The predicted molar refractivity (Wildman–Crippen MR) is 82.7 cm³/mol. The number of halogens is 2. The topological polar surface area (TPSA) is 29.5 Å². The highest BCUT2D eigenvalue weighted by Crippen LogP contribution is 2.30. The average Bonchev–Trinajstić information content (AvgIpc) is 2.49. The number of methoxy groups -OCH3 is 1. The first-order chi connectivity index (χ1) is 10.3. The van der Waals surface area contributed by atoms with Crippen molar-refractivity contribution in [2.24, 2.45) is 0 Å². The van der Waals surface area contributed by atoms with Gasteiger partial charge in [-0.1, -0.05) is 37.8 Å². The fourth-order valence-corrected chi connectivity index (χ4v) is 2.39. The monoisotopic (exact) mass is 311 g/mol. The number of hydrogen-bond acceptors (Lipinski definition) is 2.